The van der Waals surface area contributed by atoms with Crippen molar-refractivity contribution in [1.82, 2.24) is 0 Å². The van der Waals surface area contributed by atoms with E-state index in [9.17, 15) is 4.79 Å². The van der Waals surface area contributed by atoms with Gasteiger partial charge < -0.3 is 4.74 Å². The molecule has 0 saturated heterocycles. The largest absolute Gasteiger partial charge is 0.462 e. The second kappa shape index (κ2) is 5.46. The van der Waals surface area contributed by atoms with E-state index in [1.165, 1.54) is 19.3 Å². The standard InChI is InChI=1S/C16H28O2/c1-7-16(6)10-8-13(15(16,4)5)9-11-18-14(17)12(2)3/h13H,2,7-11H2,1,3-6H3. The smallest absolute Gasteiger partial charge is 0.333 e. The van der Waals surface area contributed by atoms with Crippen molar-refractivity contribution in [2.45, 2.75) is 60.3 Å². The summed E-state index contributed by atoms with van der Waals surface area (Å²) in [5, 5.41) is 0. The Balaban J connectivity index is 2.50. The molecule has 0 aliphatic heterocycles. The van der Waals surface area contributed by atoms with Gasteiger partial charge in [-0.15, -0.1) is 0 Å². The number of hydrogen-bond donors (Lipinski definition) is 0. The topological polar surface area (TPSA) is 26.3 Å². The third kappa shape index (κ3) is 2.78. The van der Waals surface area contributed by atoms with Crippen LogP contribution in [0.2, 0.25) is 0 Å². The Morgan fingerprint density at radius 2 is 2.00 bits per heavy atom. The average molecular weight is 252 g/mol. The van der Waals surface area contributed by atoms with Gasteiger partial charge in [-0.3, -0.25) is 0 Å². The lowest BCUT2D eigenvalue weighted by Crippen LogP contribution is -2.34. The fourth-order valence-electron chi connectivity index (χ4n) is 3.22. The maximum Gasteiger partial charge on any atom is 0.333 e. The number of carbonyl (C=O) groups is 1. The molecule has 1 aliphatic carbocycles. The van der Waals surface area contributed by atoms with Crippen molar-refractivity contribution < 1.29 is 9.53 Å². The lowest BCUT2D eigenvalue weighted by molar-refractivity contribution is -0.139. The third-order valence-corrected chi connectivity index (χ3v) is 5.45. The summed E-state index contributed by atoms with van der Waals surface area (Å²) in [4.78, 5) is 11.3. The molecule has 1 fully saturated rings. The van der Waals surface area contributed by atoms with Crippen LogP contribution in [-0.2, 0) is 9.53 Å². The molecule has 1 rings (SSSR count). The van der Waals surface area contributed by atoms with Crippen LogP contribution in [0.4, 0.5) is 0 Å². The first kappa shape index (κ1) is 15.3. The Kier molecular flexibility index (Phi) is 4.63. The van der Waals surface area contributed by atoms with Gasteiger partial charge in [-0.1, -0.05) is 40.7 Å². The van der Waals surface area contributed by atoms with E-state index < -0.39 is 0 Å². The van der Waals surface area contributed by atoms with Crippen LogP contribution in [0, 0.1) is 16.7 Å². The van der Waals surface area contributed by atoms with Gasteiger partial charge in [0.25, 0.3) is 0 Å². The van der Waals surface area contributed by atoms with E-state index in [-0.39, 0.29) is 5.97 Å². The van der Waals surface area contributed by atoms with Crippen LogP contribution < -0.4 is 0 Å². The molecule has 2 nitrogen and oxygen atoms in total. The summed E-state index contributed by atoms with van der Waals surface area (Å²) in [5.74, 6) is 0.393. The number of esters is 1. The molecule has 0 aromatic rings. The highest BCUT2D eigenvalue weighted by molar-refractivity contribution is 5.86. The Hall–Kier alpha value is -0.790. The quantitative estimate of drug-likeness (QED) is 0.537. The predicted octanol–water partition coefficient (Wildman–Crippen LogP) is 4.35. The van der Waals surface area contributed by atoms with E-state index in [4.69, 9.17) is 4.74 Å². The second-order valence-electron chi connectivity index (χ2n) is 6.58. The van der Waals surface area contributed by atoms with Crippen molar-refractivity contribution in [3.63, 3.8) is 0 Å². The summed E-state index contributed by atoms with van der Waals surface area (Å²) in [6.07, 6.45) is 4.74. The highest BCUT2D eigenvalue weighted by Gasteiger charge is 2.49. The molecule has 1 aliphatic rings. The second-order valence-corrected chi connectivity index (χ2v) is 6.58. The van der Waals surface area contributed by atoms with Gasteiger partial charge in [-0.05, 0) is 42.9 Å². The first-order valence-electron chi connectivity index (χ1n) is 7.07. The van der Waals surface area contributed by atoms with Crippen molar-refractivity contribution >= 4 is 5.97 Å². The molecule has 104 valence electrons. The summed E-state index contributed by atoms with van der Waals surface area (Å²) in [5.41, 5.74) is 1.24. The number of ether oxygens (including phenoxy) is 1. The first-order chi connectivity index (χ1) is 8.24. The fraction of sp³-hybridized carbons (Fsp3) is 0.812. The molecular weight excluding hydrogens is 224 g/mol. The molecule has 1 saturated carbocycles. The summed E-state index contributed by atoms with van der Waals surface area (Å²) in [6.45, 7) is 15.2. The highest BCUT2D eigenvalue weighted by Crippen LogP contribution is 2.58. The molecule has 2 heteroatoms. The molecule has 0 radical (unpaired) electrons. The van der Waals surface area contributed by atoms with Gasteiger partial charge in [0.15, 0.2) is 0 Å². The molecule has 18 heavy (non-hydrogen) atoms. The van der Waals surface area contributed by atoms with Crippen molar-refractivity contribution in [3.8, 4) is 0 Å². The SMILES string of the molecule is C=C(C)C(=O)OCCC1CCC(C)(CC)C1(C)C. The van der Waals surface area contributed by atoms with Crippen LogP contribution in [0.15, 0.2) is 12.2 Å². The molecule has 0 spiro atoms. The van der Waals surface area contributed by atoms with Gasteiger partial charge in [0, 0.05) is 5.57 Å². The molecule has 2 atom stereocenters. The van der Waals surface area contributed by atoms with Crippen LogP contribution in [0.1, 0.15) is 60.3 Å². The summed E-state index contributed by atoms with van der Waals surface area (Å²) in [6, 6.07) is 0. The van der Waals surface area contributed by atoms with E-state index in [1.54, 1.807) is 6.92 Å². The summed E-state index contributed by atoms with van der Waals surface area (Å²) >= 11 is 0. The minimum Gasteiger partial charge on any atom is -0.462 e. The van der Waals surface area contributed by atoms with Gasteiger partial charge in [0.1, 0.15) is 0 Å². The fourth-order valence-corrected chi connectivity index (χ4v) is 3.22. The lowest BCUT2D eigenvalue weighted by atomic mass is 9.64. The lowest BCUT2D eigenvalue weighted by Gasteiger charge is -2.41. The monoisotopic (exact) mass is 252 g/mol. The molecule has 0 amide bonds. The van der Waals surface area contributed by atoms with E-state index in [2.05, 4.69) is 34.3 Å². The van der Waals surface area contributed by atoms with Crippen LogP contribution in [-0.4, -0.2) is 12.6 Å². The zero-order valence-corrected chi connectivity index (χ0v) is 12.6. The third-order valence-electron chi connectivity index (χ3n) is 5.45. The highest BCUT2D eigenvalue weighted by atomic mass is 16.5. The van der Waals surface area contributed by atoms with E-state index in [0.29, 0.717) is 28.9 Å². The van der Waals surface area contributed by atoms with Crippen LogP contribution in [0.3, 0.4) is 0 Å². The van der Waals surface area contributed by atoms with Gasteiger partial charge in [0.05, 0.1) is 6.61 Å². The number of carbonyl (C=O) groups excluding carboxylic acids is 1. The zero-order valence-electron chi connectivity index (χ0n) is 12.6. The number of rotatable bonds is 5. The van der Waals surface area contributed by atoms with Crippen molar-refractivity contribution in [2.24, 2.45) is 16.7 Å². The van der Waals surface area contributed by atoms with Gasteiger partial charge in [-0.2, -0.15) is 0 Å². The van der Waals surface area contributed by atoms with Crippen molar-refractivity contribution in [2.75, 3.05) is 6.61 Å². The van der Waals surface area contributed by atoms with Crippen molar-refractivity contribution in [3.05, 3.63) is 12.2 Å². The maximum atomic E-state index is 11.3. The summed E-state index contributed by atoms with van der Waals surface area (Å²) < 4.78 is 5.22. The Labute approximate surface area is 112 Å². The minimum atomic E-state index is -0.260. The molecule has 0 N–H and O–H groups in total. The van der Waals surface area contributed by atoms with Crippen LogP contribution in [0.25, 0.3) is 0 Å². The van der Waals surface area contributed by atoms with Gasteiger partial charge in [0.2, 0.25) is 0 Å². The molecule has 2 unspecified atom stereocenters. The minimum absolute atomic E-state index is 0.260. The predicted molar refractivity (Wildman–Crippen MR) is 75.3 cm³/mol. The zero-order chi connectivity index (χ0) is 14.0. The van der Waals surface area contributed by atoms with Gasteiger partial charge in [-0.25, -0.2) is 4.79 Å². The number of hydrogen-bond acceptors (Lipinski definition) is 2. The maximum absolute atomic E-state index is 11.3. The summed E-state index contributed by atoms with van der Waals surface area (Å²) in [7, 11) is 0. The molecule has 0 aromatic carbocycles. The molecule has 0 bridgehead atoms. The Bertz CT molecular complexity index is 330. The molecule has 0 heterocycles. The van der Waals surface area contributed by atoms with E-state index in [1.807, 2.05) is 0 Å². The van der Waals surface area contributed by atoms with E-state index >= 15 is 0 Å². The Morgan fingerprint density at radius 3 is 2.44 bits per heavy atom. The van der Waals surface area contributed by atoms with E-state index in [0.717, 1.165) is 6.42 Å². The first-order valence-corrected chi connectivity index (χ1v) is 7.07. The van der Waals surface area contributed by atoms with Crippen LogP contribution >= 0.6 is 0 Å². The van der Waals surface area contributed by atoms with Crippen molar-refractivity contribution in [1.29, 1.82) is 0 Å². The normalized spacial score (nSPS) is 30.2. The van der Waals surface area contributed by atoms with Crippen LogP contribution in [0.5, 0.6) is 0 Å². The molecular formula is C16H28O2. The molecule has 0 aromatic heterocycles. The Morgan fingerprint density at radius 1 is 1.39 bits per heavy atom. The van der Waals surface area contributed by atoms with Gasteiger partial charge >= 0.3 is 5.97 Å². The average Bonchev–Trinajstić information content (AvgIpc) is 2.52.